The lowest BCUT2D eigenvalue weighted by atomic mass is 9.95. The molecule has 0 amide bonds. The van der Waals surface area contributed by atoms with E-state index in [0.29, 0.717) is 0 Å². The van der Waals surface area contributed by atoms with Crippen molar-refractivity contribution in [3.63, 3.8) is 0 Å². The predicted molar refractivity (Wildman–Crippen MR) is 154 cm³/mol. The van der Waals surface area contributed by atoms with Crippen molar-refractivity contribution in [3.05, 3.63) is 88.4 Å². The van der Waals surface area contributed by atoms with Gasteiger partial charge in [0.25, 0.3) is 0 Å². The minimum Gasteiger partial charge on any atom is -0.386 e. The maximum Gasteiger partial charge on any atom is 0.0997 e. The Bertz CT molecular complexity index is 1350. The fourth-order valence-corrected chi connectivity index (χ4v) is 5.33. The van der Waals surface area contributed by atoms with E-state index in [1.54, 1.807) is 7.11 Å². The first kappa shape index (κ1) is 26.9. The number of H-pyrrole nitrogens is 1. The van der Waals surface area contributed by atoms with Crippen LogP contribution in [-0.2, 0) is 29.6 Å². The van der Waals surface area contributed by atoms with Crippen LogP contribution >= 0.6 is 0 Å². The Morgan fingerprint density at radius 2 is 1.95 bits per heavy atom. The monoisotopic (exact) mass is 499 g/mol. The highest BCUT2D eigenvalue weighted by Gasteiger charge is 2.26. The Kier molecular flexibility index (Phi) is 8.35. The lowest BCUT2D eigenvalue weighted by Crippen LogP contribution is -2.15. The number of hydrogen-bond acceptors (Lipinski definition) is 4. The molecule has 196 valence electrons. The van der Waals surface area contributed by atoms with Crippen molar-refractivity contribution < 1.29 is 9.84 Å². The maximum absolute atomic E-state index is 10.1. The van der Waals surface area contributed by atoms with E-state index in [1.807, 2.05) is 32.2 Å². The van der Waals surface area contributed by atoms with E-state index < -0.39 is 5.60 Å². The number of nitrogens with zero attached hydrogens (tertiary/aromatic N) is 1. The first-order chi connectivity index (χ1) is 17.8. The van der Waals surface area contributed by atoms with E-state index in [9.17, 15) is 5.11 Å². The summed E-state index contributed by atoms with van der Waals surface area (Å²) in [4.78, 5) is 7.78. The zero-order chi connectivity index (χ0) is 26.6. The van der Waals surface area contributed by atoms with E-state index in [-0.39, 0.29) is 6.10 Å². The number of anilines is 2. The van der Waals surface area contributed by atoms with Crippen LogP contribution in [0.3, 0.4) is 0 Å². The largest absolute Gasteiger partial charge is 0.386 e. The van der Waals surface area contributed by atoms with E-state index in [4.69, 9.17) is 4.74 Å². The summed E-state index contributed by atoms with van der Waals surface area (Å²) in [5.74, 6) is 0. The van der Waals surface area contributed by atoms with Crippen molar-refractivity contribution in [2.45, 2.75) is 78.4 Å². The van der Waals surface area contributed by atoms with Crippen LogP contribution in [0.1, 0.15) is 80.2 Å². The van der Waals surface area contributed by atoms with Gasteiger partial charge in [0.05, 0.1) is 22.9 Å². The van der Waals surface area contributed by atoms with Gasteiger partial charge in [0.15, 0.2) is 0 Å². The number of nitrogens with one attached hydrogen (secondary N) is 2. The van der Waals surface area contributed by atoms with Gasteiger partial charge in [-0.3, -0.25) is 4.98 Å². The molecule has 0 spiro atoms. The Morgan fingerprint density at radius 1 is 1.14 bits per heavy atom. The van der Waals surface area contributed by atoms with Gasteiger partial charge in [-0.15, -0.1) is 0 Å². The standard InChI is InChI=1S/C18H22N2O.C14H19NO/c1-4-13-5-6-14(11-12(13)2)20-16-9-10-19-18-15(16)7-8-17(18)21-3;1-4-6-10-9-15-13-11(10)7-5-8-12(13)14(2,3)16/h5-6,9-11,17H,4,7-8H2,1-3H3,(H,19,20);5,7-9,15-16H,4,6H2,1-3H3. The van der Waals surface area contributed by atoms with Crippen molar-refractivity contribution >= 4 is 22.3 Å². The molecule has 4 aromatic rings. The van der Waals surface area contributed by atoms with Crippen LogP contribution in [0.4, 0.5) is 11.4 Å². The summed E-state index contributed by atoms with van der Waals surface area (Å²) in [6, 6.07) is 14.7. The fraction of sp³-hybridized carbons (Fsp3) is 0.406. The molecule has 0 fully saturated rings. The molecule has 37 heavy (non-hydrogen) atoms. The van der Waals surface area contributed by atoms with Crippen LogP contribution in [-0.4, -0.2) is 22.2 Å². The summed E-state index contributed by atoms with van der Waals surface area (Å²) in [5.41, 5.74) is 9.99. The van der Waals surface area contributed by atoms with E-state index in [0.717, 1.165) is 60.3 Å². The van der Waals surface area contributed by atoms with Crippen LogP contribution in [0.2, 0.25) is 0 Å². The maximum atomic E-state index is 10.1. The molecule has 3 N–H and O–H groups in total. The Balaban J connectivity index is 0.000000180. The first-order valence-corrected chi connectivity index (χ1v) is 13.5. The number of methoxy groups -OCH3 is 1. The number of fused-ring (bicyclic) bond motifs is 2. The molecule has 1 aliphatic rings. The summed E-state index contributed by atoms with van der Waals surface area (Å²) in [7, 11) is 1.76. The number of aromatic amines is 1. The predicted octanol–water partition coefficient (Wildman–Crippen LogP) is 7.68. The molecule has 0 saturated carbocycles. The van der Waals surface area contributed by atoms with Gasteiger partial charge in [-0.25, -0.2) is 0 Å². The minimum atomic E-state index is -0.798. The normalized spacial score (nSPS) is 14.8. The number of hydrogen-bond donors (Lipinski definition) is 3. The van der Waals surface area contributed by atoms with Crippen molar-refractivity contribution in [3.8, 4) is 0 Å². The van der Waals surface area contributed by atoms with Gasteiger partial charge in [-0.1, -0.05) is 44.5 Å². The van der Waals surface area contributed by atoms with Crippen LogP contribution < -0.4 is 5.32 Å². The summed E-state index contributed by atoms with van der Waals surface area (Å²) in [6.45, 7) is 10.2. The highest BCUT2D eigenvalue weighted by Crippen LogP contribution is 2.37. The molecule has 2 aromatic carbocycles. The molecule has 5 nitrogen and oxygen atoms in total. The Labute approximate surface area is 221 Å². The summed E-state index contributed by atoms with van der Waals surface area (Å²) < 4.78 is 5.50. The van der Waals surface area contributed by atoms with Gasteiger partial charge in [0, 0.05) is 41.8 Å². The summed E-state index contributed by atoms with van der Waals surface area (Å²) >= 11 is 0. The number of para-hydroxylation sites is 1. The fourth-order valence-electron chi connectivity index (χ4n) is 5.33. The third kappa shape index (κ3) is 5.89. The second-order valence-corrected chi connectivity index (χ2v) is 10.5. The number of rotatable bonds is 7. The molecule has 0 saturated heterocycles. The highest BCUT2D eigenvalue weighted by molar-refractivity contribution is 5.86. The highest BCUT2D eigenvalue weighted by atomic mass is 16.5. The SMILES string of the molecule is CCCc1c[nH]c2c(C(C)(C)O)cccc12.CCc1ccc(Nc2ccnc3c2CCC3OC)cc1C. The van der Waals surface area contributed by atoms with Crippen molar-refractivity contribution in [1.29, 1.82) is 0 Å². The molecular formula is C32H41N3O2. The second kappa shape index (κ2) is 11.5. The van der Waals surface area contributed by atoms with Gasteiger partial charge in [-0.05, 0) is 86.9 Å². The average Bonchev–Trinajstić information content (AvgIpc) is 3.49. The number of ether oxygens (including phenoxy) is 1. The minimum absolute atomic E-state index is 0.144. The topological polar surface area (TPSA) is 70.2 Å². The smallest absolute Gasteiger partial charge is 0.0997 e. The zero-order valence-electron chi connectivity index (χ0n) is 23.1. The lowest BCUT2D eigenvalue weighted by molar-refractivity contribution is 0.0800. The second-order valence-electron chi connectivity index (χ2n) is 10.5. The molecule has 0 radical (unpaired) electrons. The van der Waals surface area contributed by atoms with Crippen molar-refractivity contribution in [2.24, 2.45) is 0 Å². The van der Waals surface area contributed by atoms with Gasteiger partial charge in [-0.2, -0.15) is 0 Å². The molecule has 2 heterocycles. The molecule has 1 aliphatic carbocycles. The third-order valence-corrected chi connectivity index (χ3v) is 7.32. The quantitative estimate of drug-likeness (QED) is 0.244. The Hall–Kier alpha value is -3.15. The number of pyridine rings is 1. The number of benzene rings is 2. The zero-order valence-corrected chi connectivity index (χ0v) is 23.1. The van der Waals surface area contributed by atoms with Crippen LogP contribution in [0.15, 0.2) is 54.9 Å². The van der Waals surface area contributed by atoms with Crippen LogP contribution in [0, 0.1) is 6.92 Å². The summed E-state index contributed by atoms with van der Waals surface area (Å²) in [6.07, 6.45) is 9.41. The molecule has 5 heteroatoms. The van der Waals surface area contributed by atoms with Gasteiger partial charge < -0.3 is 20.1 Å². The molecule has 2 aromatic heterocycles. The number of aryl methyl sites for hydroxylation is 3. The van der Waals surface area contributed by atoms with E-state index in [2.05, 4.69) is 72.6 Å². The van der Waals surface area contributed by atoms with Gasteiger partial charge in [0.2, 0.25) is 0 Å². The van der Waals surface area contributed by atoms with Gasteiger partial charge in [0.1, 0.15) is 0 Å². The van der Waals surface area contributed by atoms with E-state index in [1.165, 1.54) is 27.6 Å². The third-order valence-electron chi connectivity index (χ3n) is 7.32. The lowest BCUT2D eigenvalue weighted by Gasteiger charge is -2.18. The number of aromatic nitrogens is 2. The Morgan fingerprint density at radius 3 is 2.62 bits per heavy atom. The summed E-state index contributed by atoms with van der Waals surface area (Å²) in [5, 5.41) is 14.9. The van der Waals surface area contributed by atoms with Crippen LogP contribution in [0.25, 0.3) is 10.9 Å². The molecule has 1 atom stereocenters. The first-order valence-electron chi connectivity index (χ1n) is 13.5. The molecule has 0 bridgehead atoms. The van der Waals surface area contributed by atoms with Crippen molar-refractivity contribution in [2.75, 3.05) is 12.4 Å². The van der Waals surface area contributed by atoms with Crippen LogP contribution in [0.5, 0.6) is 0 Å². The molecule has 1 unspecified atom stereocenters. The molecular weight excluding hydrogens is 458 g/mol. The molecule has 0 aliphatic heterocycles. The molecule has 5 rings (SSSR count). The van der Waals surface area contributed by atoms with Crippen molar-refractivity contribution in [1.82, 2.24) is 9.97 Å². The number of aliphatic hydroxyl groups is 1. The van der Waals surface area contributed by atoms with E-state index >= 15 is 0 Å². The van der Waals surface area contributed by atoms with Gasteiger partial charge >= 0.3 is 0 Å². The average molecular weight is 500 g/mol.